The maximum Gasteiger partial charge on any atom is 0.471 e. The minimum atomic E-state index is -4.85. The lowest BCUT2D eigenvalue weighted by atomic mass is 9.94. The highest BCUT2D eigenvalue weighted by Gasteiger charge is 2.38. The first kappa shape index (κ1) is 19.3. The van der Waals surface area contributed by atoms with Crippen molar-refractivity contribution in [3.05, 3.63) is 35.4 Å². The van der Waals surface area contributed by atoms with E-state index in [4.69, 9.17) is 4.74 Å². The van der Waals surface area contributed by atoms with E-state index < -0.39 is 17.7 Å². The second kappa shape index (κ2) is 8.37. The number of nitrogens with one attached hydrogen (secondary N) is 1. The molecule has 0 radical (unpaired) electrons. The molecule has 0 aromatic heterocycles. The Hall–Kier alpha value is -2.04. The molecule has 7 heteroatoms. The van der Waals surface area contributed by atoms with Crippen LogP contribution in [-0.2, 0) is 16.0 Å². The number of carbonyl (C=O) groups excluding carboxylic acids is 1. The number of amides is 1. The summed E-state index contributed by atoms with van der Waals surface area (Å²) in [6, 6.07) is 7.30. The first-order valence-electron chi connectivity index (χ1n) is 8.06. The van der Waals surface area contributed by atoms with Crippen molar-refractivity contribution in [3.8, 4) is 11.8 Å². The zero-order valence-electron chi connectivity index (χ0n) is 13.7. The number of rotatable bonds is 4. The Morgan fingerprint density at radius 3 is 2.72 bits per heavy atom. The Balaban J connectivity index is 1.86. The highest BCUT2D eigenvalue weighted by Crippen LogP contribution is 2.19. The fourth-order valence-corrected chi connectivity index (χ4v) is 2.42. The summed E-state index contributed by atoms with van der Waals surface area (Å²) in [6.45, 7) is 0.914. The third-order valence-corrected chi connectivity index (χ3v) is 3.87. The summed E-state index contributed by atoms with van der Waals surface area (Å²) in [5.74, 6) is 3.91. The third-order valence-electron chi connectivity index (χ3n) is 3.87. The second-order valence-corrected chi connectivity index (χ2v) is 5.95. The molecule has 0 bridgehead atoms. The van der Waals surface area contributed by atoms with Crippen LogP contribution in [0.15, 0.2) is 24.3 Å². The average Bonchev–Trinajstić information content (AvgIpc) is 2.57. The van der Waals surface area contributed by atoms with Gasteiger partial charge in [-0.05, 0) is 30.5 Å². The van der Waals surface area contributed by atoms with E-state index in [1.54, 1.807) is 0 Å². The highest BCUT2D eigenvalue weighted by atomic mass is 19.4. The van der Waals surface area contributed by atoms with Crippen LogP contribution in [0.2, 0.25) is 0 Å². The summed E-state index contributed by atoms with van der Waals surface area (Å²) in [5.41, 5.74) is 0.611. The summed E-state index contributed by atoms with van der Waals surface area (Å²) in [5, 5.41) is 12.2. The highest BCUT2D eigenvalue weighted by molar-refractivity contribution is 5.81. The van der Waals surface area contributed by atoms with Gasteiger partial charge in [0.15, 0.2) is 0 Å². The van der Waals surface area contributed by atoms with E-state index in [9.17, 15) is 23.1 Å². The van der Waals surface area contributed by atoms with Gasteiger partial charge in [0.05, 0.1) is 13.2 Å². The molecule has 1 saturated heterocycles. The first-order valence-corrected chi connectivity index (χ1v) is 8.06. The van der Waals surface area contributed by atoms with Crippen LogP contribution in [-0.4, -0.2) is 42.5 Å². The number of hydrogen-bond donors (Lipinski definition) is 2. The summed E-state index contributed by atoms with van der Waals surface area (Å²) >= 11 is 0. The van der Waals surface area contributed by atoms with Gasteiger partial charge in [-0.3, -0.25) is 4.79 Å². The summed E-state index contributed by atoms with van der Waals surface area (Å²) in [6.07, 6.45) is -3.00. The van der Waals surface area contributed by atoms with Gasteiger partial charge in [-0.15, -0.1) is 0 Å². The fraction of sp³-hybridized carbons (Fsp3) is 0.500. The molecule has 0 unspecified atom stereocenters. The van der Waals surface area contributed by atoms with Crippen LogP contribution in [0.5, 0.6) is 0 Å². The van der Waals surface area contributed by atoms with Gasteiger partial charge in [-0.1, -0.05) is 24.0 Å². The molecular weight excluding hydrogens is 335 g/mol. The number of carbonyl (C=O) groups is 1. The molecule has 0 spiro atoms. The van der Waals surface area contributed by atoms with Crippen molar-refractivity contribution in [2.24, 2.45) is 0 Å². The van der Waals surface area contributed by atoms with Gasteiger partial charge in [-0.2, -0.15) is 13.2 Å². The second-order valence-electron chi connectivity index (χ2n) is 5.95. The molecule has 136 valence electrons. The minimum Gasteiger partial charge on any atom is -0.381 e. The van der Waals surface area contributed by atoms with Gasteiger partial charge in [-0.25, -0.2) is 0 Å². The van der Waals surface area contributed by atoms with E-state index in [-0.39, 0.29) is 6.54 Å². The minimum absolute atomic E-state index is 0.0476. The van der Waals surface area contributed by atoms with Crippen LogP contribution in [0.3, 0.4) is 0 Å². The van der Waals surface area contributed by atoms with Crippen LogP contribution in [0, 0.1) is 11.8 Å². The molecule has 4 nitrogen and oxygen atoms in total. The Kier molecular flexibility index (Phi) is 6.45. The van der Waals surface area contributed by atoms with Crippen LogP contribution in [0.4, 0.5) is 13.2 Å². The largest absolute Gasteiger partial charge is 0.471 e. The van der Waals surface area contributed by atoms with Gasteiger partial charge < -0.3 is 15.2 Å². The molecule has 1 fully saturated rings. The lowest BCUT2D eigenvalue weighted by molar-refractivity contribution is -0.173. The molecule has 1 aliphatic heterocycles. The summed E-state index contributed by atoms with van der Waals surface area (Å²) in [4.78, 5) is 10.7. The molecule has 1 aromatic carbocycles. The molecule has 0 saturated carbocycles. The van der Waals surface area contributed by atoms with Crippen LogP contribution >= 0.6 is 0 Å². The number of ether oxygens (including phenoxy) is 1. The van der Waals surface area contributed by atoms with Crippen molar-refractivity contribution < 1.29 is 27.8 Å². The van der Waals surface area contributed by atoms with E-state index >= 15 is 0 Å². The third kappa shape index (κ3) is 6.40. The monoisotopic (exact) mass is 355 g/mol. The molecule has 1 heterocycles. The molecule has 2 rings (SSSR count). The standard InChI is InChI=1S/C18H20F3NO3/c19-18(20,21)16(23)22-10-2-5-14-3-1-4-15(13-14)6-7-17(24)8-11-25-12-9-17/h1,3-4,13,24H,2,5,8-12H2,(H,22,23). The lowest BCUT2D eigenvalue weighted by Crippen LogP contribution is -2.37. The Labute approximate surface area is 144 Å². The molecule has 1 aromatic rings. The average molecular weight is 355 g/mol. The molecule has 25 heavy (non-hydrogen) atoms. The van der Waals surface area contributed by atoms with E-state index in [0.29, 0.717) is 38.9 Å². The zero-order chi connectivity index (χ0) is 18.3. The molecule has 0 aliphatic carbocycles. The van der Waals surface area contributed by atoms with Gasteiger partial charge in [0.2, 0.25) is 0 Å². The van der Waals surface area contributed by atoms with Gasteiger partial charge in [0.25, 0.3) is 0 Å². The Morgan fingerprint density at radius 1 is 1.32 bits per heavy atom. The van der Waals surface area contributed by atoms with Crippen molar-refractivity contribution in [1.82, 2.24) is 5.32 Å². The van der Waals surface area contributed by atoms with Crippen molar-refractivity contribution in [3.63, 3.8) is 0 Å². The van der Waals surface area contributed by atoms with Crippen molar-refractivity contribution in [2.45, 2.75) is 37.5 Å². The van der Waals surface area contributed by atoms with E-state index in [0.717, 1.165) is 11.1 Å². The van der Waals surface area contributed by atoms with Crippen molar-refractivity contribution in [1.29, 1.82) is 0 Å². The summed E-state index contributed by atoms with van der Waals surface area (Å²) < 4.78 is 41.4. The van der Waals surface area contributed by atoms with E-state index in [1.165, 1.54) is 0 Å². The Morgan fingerprint density at radius 2 is 2.04 bits per heavy atom. The van der Waals surface area contributed by atoms with Gasteiger partial charge in [0, 0.05) is 24.9 Å². The fourth-order valence-electron chi connectivity index (χ4n) is 2.42. The quantitative estimate of drug-likeness (QED) is 0.643. The molecular formula is C18H20F3NO3. The Bertz CT molecular complexity index is 656. The van der Waals surface area contributed by atoms with E-state index in [1.807, 2.05) is 29.6 Å². The lowest BCUT2D eigenvalue weighted by Gasteiger charge is -2.26. The summed E-state index contributed by atoms with van der Waals surface area (Å²) in [7, 11) is 0. The topological polar surface area (TPSA) is 58.6 Å². The van der Waals surface area contributed by atoms with Crippen LogP contribution < -0.4 is 5.32 Å². The molecule has 1 aliphatic rings. The maximum atomic E-state index is 12.1. The van der Waals surface area contributed by atoms with Crippen LogP contribution in [0.1, 0.15) is 30.4 Å². The molecule has 2 N–H and O–H groups in total. The molecule has 1 amide bonds. The number of hydrogen-bond acceptors (Lipinski definition) is 3. The number of alkyl halides is 3. The zero-order valence-corrected chi connectivity index (χ0v) is 13.7. The smallest absolute Gasteiger partial charge is 0.381 e. The van der Waals surface area contributed by atoms with E-state index in [2.05, 4.69) is 11.8 Å². The molecule has 0 atom stereocenters. The number of benzene rings is 1. The number of aryl methyl sites for hydroxylation is 1. The first-order chi connectivity index (χ1) is 11.8. The van der Waals surface area contributed by atoms with Crippen LogP contribution in [0.25, 0.3) is 0 Å². The van der Waals surface area contributed by atoms with Crippen molar-refractivity contribution in [2.75, 3.05) is 19.8 Å². The number of aliphatic hydroxyl groups is 1. The van der Waals surface area contributed by atoms with Gasteiger partial charge in [0.1, 0.15) is 5.60 Å². The predicted octanol–water partition coefficient (Wildman–Crippen LogP) is 2.19. The number of halogens is 3. The van der Waals surface area contributed by atoms with Gasteiger partial charge >= 0.3 is 12.1 Å². The SMILES string of the molecule is O=C(NCCCc1cccc(C#CC2(O)CCOCC2)c1)C(F)(F)F. The normalized spacial score (nSPS) is 16.6. The maximum absolute atomic E-state index is 12.1. The predicted molar refractivity (Wildman–Crippen MR) is 85.7 cm³/mol. The van der Waals surface area contributed by atoms with Crippen molar-refractivity contribution >= 4 is 5.91 Å².